The number of aliphatic carboxylic acids is 1. The van der Waals surface area contributed by atoms with Crippen molar-refractivity contribution in [1.82, 2.24) is 4.90 Å². The molecule has 0 radical (unpaired) electrons. The maximum absolute atomic E-state index is 14.1. The van der Waals surface area contributed by atoms with Crippen LogP contribution in [0.4, 0.5) is 5.69 Å². The number of carbonyl (C=O) groups is 2. The Balaban J connectivity index is 1.41. The van der Waals surface area contributed by atoms with E-state index in [-0.39, 0.29) is 30.7 Å². The van der Waals surface area contributed by atoms with Crippen LogP contribution in [0.5, 0.6) is 5.75 Å². The highest BCUT2D eigenvalue weighted by molar-refractivity contribution is 5.95. The monoisotopic (exact) mass is 594 g/mol. The highest BCUT2D eigenvalue weighted by Gasteiger charge is 2.47. The van der Waals surface area contributed by atoms with Crippen LogP contribution in [0.25, 0.3) is 0 Å². The van der Waals surface area contributed by atoms with Crippen molar-refractivity contribution < 1.29 is 33.4 Å². The Morgan fingerprint density at radius 3 is 2.56 bits per heavy atom. The topological polar surface area (TPSA) is 88.5 Å². The second-order valence-corrected chi connectivity index (χ2v) is 13.2. The van der Waals surface area contributed by atoms with E-state index in [4.69, 9.17) is 14.2 Å². The molecular formula is C34H48N3O6+. The molecule has 1 N–H and O–H groups in total. The van der Waals surface area contributed by atoms with Crippen LogP contribution in [-0.4, -0.2) is 99.3 Å². The largest absolute Gasteiger partial charge is 0.493 e. The second-order valence-electron chi connectivity index (χ2n) is 13.2. The number of hydrogen-bond donors (Lipinski definition) is 1. The number of anilines is 1. The van der Waals surface area contributed by atoms with Crippen LogP contribution in [-0.2, 0) is 32.0 Å². The normalized spacial score (nSPS) is 22.5. The Labute approximate surface area is 255 Å². The summed E-state index contributed by atoms with van der Waals surface area (Å²) in [5.41, 5.74) is 4.21. The van der Waals surface area contributed by atoms with E-state index in [0.717, 1.165) is 52.9 Å². The molecule has 3 heterocycles. The predicted octanol–water partition coefficient (Wildman–Crippen LogP) is 4.28. The summed E-state index contributed by atoms with van der Waals surface area (Å²) in [5.74, 6) is -0.825. The number of rotatable bonds is 13. The number of likely N-dealkylation sites (tertiary alicyclic amines) is 1. The molecule has 9 heteroatoms. The molecular weight excluding hydrogens is 546 g/mol. The highest BCUT2D eigenvalue weighted by Crippen LogP contribution is 2.42. The molecule has 0 aliphatic carbocycles. The van der Waals surface area contributed by atoms with Gasteiger partial charge in [-0.15, -0.1) is 0 Å². The smallest absolute Gasteiger partial charge is 0.308 e. The lowest BCUT2D eigenvalue weighted by atomic mass is 9.83. The fourth-order valence-corrected chi connectivity index (χ4v) is 6.85. The third-order valence-corrected chi connectivity index (χ3v) is 8.82. The molecule has 9 nitrogen and oxygen atoms in total. The summed E-state index contributed by atoms with van der Waals surface area (Å²) in [6.45, 7) is 6.04. The number of unbranched alkanes of at least 4 members (excludes halogenated alkanes) is 1. The van der Waals surface area contributed by atoms with Gasteiger partial charge < -0.3 is 28.7 Å². The lowest BCUT2D eigenvalue weighted by Crippen LogP contribution is -2.45. The third-order valence-electron chi connectivity index (χ3n) is 8.82. The van der Waals surface area contributed by atoms with Gasteiger partial charge in [-0.1, -0.05) is 37.6 Å². The van der Waals surface area contributed by atoms with Gasteiger partial charge in [-0.3, -0.25) is 14.5 Å². The predicted molar refractivity (Wildman–Crippen MR) is 165 cm³/mol. The number of benzene rings is 2. The maximum Gasteiger partial charge on any atom is 0.308 e. The van der Waals surface area contributed by atoms with Crippen molar-refractivity contribution in [2.45, 2.75) is 63.8 Å². The number of quaternary nitrogens is 1. The molecule has 0 aromatic heterocycles. The van der Waals surface area contributed by atoms with Crippen molar-refractivity contribution in [3.05, 3.63) is 59.2 Å². The number of fused-ring (bicyclic) bond motifs is 1. The van der Waals surface area contributed by atoms with Crippen LogP contribution < -0.4 is 9.64 Å². The lowest BCUT2D eigenvalue weighted by molar-refractivity contribution is -0.884. The number of hydrogen-bond acceptors (Lipinski definition) is 6. The van der Waals surface area contributed by atoms with E-state index in [1.807, 2.05) is 29.2 Å². The summed E-state index contributed by atoms with van der Waals surface area (Å²) in [7, 11) is 6.47. The Bertz CT molecular complexity index is 1270. The average Bonchev–Trinajstić information content (AvgIpc) is 3.71. The zero-order valence-corrected chi connectivity index (χ0v) is 26.2. The standard InChI is InChI=1S/C34H47N3O6/c1-5-6-15-36(27-9-7-8-24(19-27)23-37(2,3)4)31(38)22-35-21-28(25-10-12-30-26(20-25)14-16-41-30)33(34(39)40)29(35)11-13-32-42-17-18-43-32/h7-10,12,19-20,28-29,32-33H,5-6,11,13-18,21-23H2,1-4H3/p+1/t28-,29+,33-/m1/s1. The molecule has 1 amide bonds. The van der Waals surface area contributed by atoms with Crippen molar-refractivity contribution in [3.8, 4) is 5.75 Å². The van der Waals surface area contributed by atoms with Crippen molar-refractivity contribution in [3.63, 3.8) is 0 Å². The minimum Gasteiger partial charge on any atom is -0.493 e. The molecule has 5 rings (SSSR count). The van der Waals surface area contributed by atoms with E-state index in [1.165, 1.54) is 5.56 Å². The van der Waals surface area contributed by atoms with Crippen LogP contribution in [0.1, 0.15) is 55.2 Å². The fraction of sp³-hybridized carbons (Fsp3) is 0.588. The number of carbonyl (C=O) groups excluding carboxylic acids is 1. The molecule has 0 bridgehead atoms. The van der Waals surface area contributed by atoms with Gasteiger partial charge in [0.15, 0.2) is 6.29 Å². The molecule has 2 aromatic carbocycles. The average molecular weight is 595 g/mol. The number of nitrogens with zero attached hydrogens (tertiary/aromatic N) is 3. The molecule has 3 atom stereocenters. The number of carboxylic acid groups (broad SMARTS) is 1. The summed E-state index contributed by atoms with van der Waals surface area (Å²) >= 11 is 0. The molecule has 2 aromatic rings. The van der Waals surface area contributed by atoms with Crippen LogP contribution in [0, 0.1) is 5.92 Å². The molecule has 234 valence electrons. The Kier molecular flexibility index (Phi) is 10.1. The third kappa shape index (κ3) is 7.76. The van der Waals surface area contributed by atoms with Crippen LogP contribution in [0.2, 0.25) is 0 Å². The molecule has 0 spiro atoms. The van der Waals surface area contributed by atoms with E-state index in [2.05, 4.69) is 51.2 Å². The molecule has 2 fully saturated rings. The van der Waals surface area contributed by atoms with Crippen molar-refractivity contribution in [2.24, 2.45) is 5.92 Å². The molecule has 3 aliphatic rings. The van der Waals surface area contributed by atoms with Crippen molar-refractivity contribution in [2.75, 3.05) is 65.5 Å². The van der Waals surface area contributed by atoms with Gasteiger partial charge in [0, 0.05) is 42.7 Å². The van der Waals surface area contributed by atoms with Crippen LogP contribution in [0.15, 0.2) is 42.5 Å². The number of amides is 1. The van der Waals surface area contributed by atoms with Crippen LogP contribution in [0.3, 0.4) is 0 Å². The maximum atomic E-state index is 14.1. The molecule has 43 heavy (non-hydrogen) atoms. The van der Waals surface area contributed by atoms with Gasteiger partial charge in [0.2, 0.25) is 5.91 Å². The Morgan fingerprint density at radius 2 is 1.84 bits per heavy atom. The zero-order chi connectivity index (χ0) is 30.6. The van der Waals surface area contributed by atoms with E-state index in [1.54, 1.807) is 0 Å². The first-order chi connectivity index (χ1) is 20.6. The summed E-state index contributed by atoms with van der Waals surface area (Å²) in [4.78, 5) is 31.1. The minimum atomic E-state index is -0.828. The first-order valence-corrected chi connectivity index (χ1v) is 15.8. The molecule has 3 aliphatic heterocycles. The lowest BCUT2D eigenvalue weighted by Gasteiger charge is -2.30. The van der Waals surface area contributed by atoms with Gasteiger partial charge in [-0.2, -0.15) is 0 Å². The van der Waals surface area contributed by atoms with E-state index >= 15 is 0 Å². The van der Waals surface area contributed by atoms with Gasteiger partial charge in [0.25, 0.3) is 0 Å². The first kappa shape index (κ1) is 31.4. The molecule has 0 saturated carbocycles. The highest BCUT2D eigenvalue weighted by atomic mass is 16.7. The van der Waals surface area contributed by atoms with Gasteiger partial charge in [0.05, 0.1) is 53.4 Å². The van der Waals surface area contributed by atoms with Crippen molar-refractivity contribution >= 4 is 17.6 Å². The summed E-state index contributed by atoms with van der Waals surface area (Å²) in [5, 5.41) is 10.6. The second kappa shape index (κ2) is 13.8. The fourth-order valence-electron chi connectivity index (χ4n) is 6.85. The number of carboxylic acids is 1. The van der Waals surface area contributed by atoms with Gasteiger partial charge in [-0.25, -0.2) is 0 Å². The summed E-state index contributed by atoms with van der Waals surface area (Å²) < 4.78 is 17.9. The van der Waals surface area contributed by atoms with Gasteiger partial charge >= 0.3 is 5.97 Å². The quantitative estimate of drug-likeness (QED) is 0.347. The Morgan fingerprint density at radius 1 is 1.05 bits per heavy atom. The molecule has 2 saturated heterocycles. The van der Waals surface area contributed by atoms with E-state index < -0.39 is 11.9 Å². The summed E-state index contributed by atoms with van der Waals surface area (Å²) in [6.07, 6.45) is 3.54. The van der Waals surface area contributed by atoms with E-state index in [9.17, 15) is 14.7 Å². The SMILES string of the molecule is CCCCN(C(=O)CN1C[C@H](c2ccc3c(c2)CCO3)[C@@H](C(=O)O)[C@@H]1CCC1OCCO1)c1cccc(C[N+](C)(C)C)c1. The summed E-state index contributed by atoms with van der Waals surface area (Å²) in [6, 6.07) is 14.0. The Hall–Kier alpha value is -2.98. The zero-order valence-electron chi connectivity index (χ0n) is 26.2. The van der Waals surface area contributed by atoms with Crippen molar-refractivity contribution in [1.29, 1.82) is 0 Å². The molecule has 0 unspecified atom stereocenters. The van der Waals surface area contributed by atoms with Gasteiger partial charge in [0.1, 0.15) is 12.3 Å². The van der Waals surface area contributed by atoms with E-state index in [0.29, 0.717) is 45.8 Å². The van der Waals surface area contributed by atoms with Gasteiger partial charge in [-0.05, 0) is 48.6 Å². The number of ether oxygens (including phenoxy) is 3. The first-order valence-electron chi connectivity index (χ1n) is 15.8. The minimum absolute atomic E-state index is 0.00126. The van der Waals surface area contributed by atoms with Crippen LogP contribution >= 0.6 is 0 Å².